The molecule has 3 aliphatic rings. The maximum atomic E-state index is 14.2. The van der Waals surface area contributed by atoms with Crippen LogP contribution in [0.15, 0.2) is 79.4 Å². The Morgan fingerprint density at radius 2 is 1.85 bits per heavy atom. The molecule has 0 radical (unpaired) electrons. The van der Waals surface area contributed by atoms with Gasteiger partial charge in [-0.25, -0.2) is 4.98 Å². The SMILES string of the molecule is O=C(NCCCn1ccnc1)c1cccc(CN2C(=O)C3(COc4cc5c(cc43)OCO5)c3ccccc32)c1. The Hall–Kier alpha value is -4.79. The molecule has 4 aromatic rings. The molecule has 0 fully saturated rings. The first-order valence-corrected chi connectivity index (χ1v) is 12.9. The number of rotatable bonds is 7. The molecule has 0 saturated carbocycles. The van der Waals surface area contributed by atoms with Crippen LogP contribution in [0.5, 0.6) is 17.2 Å². The number of anilines is 1. The molecule has 3 aliphatic heterocycles. The van der Waals surface area contributed by atoms with Gasteiger partial charge in [0.25, 0.3) is 5.91 Å². The van der Waals surface area contributed by atoms with Crippen LogP contribution in [0.3, 0.4) is 0 Å². The molecule has 1 N–H and O–H groups in total. The number of benzene rings is 3. The zero-order valence-corrected chi connectivity index (χ0v) is 21.1. The number of fused-ring (bicyclic) bond motifs is 5. The first-order chi connectivity index (χ1) is 19.1. The number of ether oxygens (including phenoxy) is 3. The van der Waals surface area contributed by atoms with Crippen LogP contribution >= 0.6 is 0 Å². The monoisotopic (exact) mass is 522 g/mol. The Bertz CT molecular complexity index is 1580. The summed E-state index contributed by atoms with van der Waals surface area (Å²) >= 11 is 0. The predicted molar refractivity (Wildman–Crippen MR) is 142 cm³/mol. The zero-order chi connectivity index (χ0) is 26.4. The number of amides is 2. The van der Waals surface area contributed by atoms with E-state index in [1.54, 1.807) is 23.5 Å². The summed E-state index contributed by atoms with van der Waals surface area (Å²) in [6.45, 7) is 2.03. The van der Waals surface area contributed by atoms with Gasteiger partial charge in [-0.05, 0) is 41.8 Å². The molecule has 0 saturated heterocycles. The lowest BCUT2D eigenvalue weighted by Crippen LogP contribution is -2.42. The van der Waals surface area contributed by atoms with Crippen molar-refractivity contribution in [2.24, 2.45) is 0 Å². The van der Waals surface area contributed by atoms with Crippen molar-refractivity contribution >= 4 is 17.5 Å². The third kappa shape index (κ3) is 3.80. The predicted octanol–water partition coefficient (Wildman–Crippen LogP) is 3.66. The van der Waals surface area contributed by atoms with E-state index in [1.165, 1.54) is 0 Å². The van der Waals surface area contributed by atoms with Crippen molar-refractivity contribution in [2.45, 2.75) is 24.9 Å². The van der Waals surface area contributed by atoms with Crippen molar-refractivity contribution in [1.82, 2.24) is 14.9 Å². The van der Waals surface area contributed by atoms with Crippen LogP contribution in [0, 0.1) is 0 Å². The molecule has 0 aliphatic carbocycles. The van der Waals surface area contributed by atoms with E-state index in [1.807, 2.05) is 65.4 Å². The van der Waals surface area contributed by atoms with Gasteiger partial charge in [0.1, 0.15) is 17.8 Å². The minimum Gasteiger partial charge on any atom is -0.491 e. The topological polar surface area (TPSA) is 94.9 Å². The van der Waals surface area contributed by atoms with Crippen molar-refractivity contribution in [3.05, 3.63) is 102 Å². The second-order valence-corrected chi connectivity index (χ2v) is 9.91. The lowest BCUT2D eigenvalue weighted by Gasteiger charge is -2.23. The van der Waals surface area contributed by atoms with Gasteiger partial charge in [0.05, 0.1) is 12.9 Å². The fourth-order valence-corrected chi connectivity index (χ4v) is 5.70. The van der Waals surface area contributed by atoms with Crippen LogP contribution < -0.4 is 24.4 Å². The van der Waals surface area contributed by atoms with Crippen LogP contribution in [-0.2, 0) is 23.3 Å². The van der Waals surface area contributed by atoms with Gasteiger partial charge in [0, 0.05) is 48.4 Å². The molecule has 9 heteroatoms. The summed E-state index contributed by atoms with van der Waals surface area (Å²) in [5.74, 6) is 1.68. The summed E-state index contributed by atoms with van der Waals surface area (Å²) in [6.07, 6.45) is 6.20. The quantitative estimate of drug-likeness (QED) is 0.373. The highest BCUT2D eigenvalue weighted by Gasteiger charge is 2.57. The number of hydrogen-bond donors (Lipinski definition) is 1. The lowest BCUT2D eigenvalue weighted by atomic mass is 9.77. The molecule has 4 heterocycles. The Morgan fingerprint density at radius 3 is 2.72 bits per heavy atom. The van der Waals surface area contributed by atoms with E-state index in [0.29, 0.717) is 35.9 Å². The number of nitrogens with one attached hydrogen (secondary N) is 1. The molecule has 39 heavy (non-hydrogen) atoms. The maximum absolute atomic E-state index is 14.2. The molecule has 1 unspecified atom stereocenters. The van der Waals surface area contributed by atoms with Crippen molar-refractivity contribution in [2.75, 3.05) is 24.8 Å². The molecular weight excluding hydrogens is 496 g/mol. The van der Waals surface area contributed by atoms with Crippen molar-refractivity contribution in [3.8, 4) is 17.2 Å². The molecule has 3 aromatic carbocycles. The third-order valence-electron chi connectivity index (χ3n) is 7.61. The Labute approximate surface area is 224 Å². The zero-order valence-electron chi connectivity index (χ0n) is 21.1. The van der Waals surface area contributed by atoms with Crippen molar-refractivity contribution < 1.29 is 23.8 Å². The van der Waals surface area contributed by atoms with Gasteiger partial charge >= 0.3 is 0 Å². The van der Waals surface area contributed by atoms with E-state index in [-0.39, 0.29) is 25.2 Å². The highest BCUT2D eigenvalue weighted by atomic mass is 16.7. The summed E-state index contributed by atoms with van der Waals surface area (Å²) in [7, 11) is 0. The van der Waals surface area contributed by atoms with Gasteiger partial charge in [-0.3, -0.25) is 9.59 Å². The van der Waals surface area contributed by atoms with Crippen LogP contribution in [0.1, 0.15) is 33.5 Å². The molecule has 9 nitrogen and oxygen atoms in total. The summed E-state index contributed by atoms with van der Waals surface area (Å²) in [6, 6.07) is 18.9. The second kappa shape index (κ2) is 9.20. The van der Waals surface area contributed by atoms with Crippen LogP contribution in [0.25, 0.3) is 0 Å². The van der Waals surface area contributed by atoms with E-state index in [9.17, 15) is 9.59 Å². The average molecular weight is 523 g/mol. The summed E-state index contributed by atoms with van der Waals surface area (Å²) in [5, 5.41) is 2.99. The third-order valence-corrected chi connectivity index (χ3v) is 7.61. The van der Waals surface area contributed by atoms with Gasteiger partial charge in [-0.1, -0.05) is 30.3 Å². The minimum absolute atomic E-state index is 0.0596. The van der Waals surface area contributed by atoms with E-state index in [0.717, 1.165) is 35.3 Å². The molecular formula is C30H26N4O5. The Morgan fingerprint density at radius 1 is 0.974 bits per heavy atom. The van der Waals surface area contributed by atoms with Gasteiger partial charge in [-0.2, -0.15) is 0 Å². The smallest absolute Gasteiger partial charge is 0.251 e. The van der Waals surface area contributed by atoms with Gasteiger partial charge < -0.3 is 29.0 Å². The first-order valence-electron chi connectivity index (χ1n) is 12.9. The fraction of sp³-hybridized carbons (Fsp3) is 0.233. The number of carbonyl (C=O) groups is 2. The largest absolute Gasteiger partial charge is 0.491 e. The number of aryl methyl sites for hydroxylation is 1. The number of hydrogen-bond acceptors (Lipinski definition) is 6. The first kappa shape index (κ1) is 23.3. The molecule has 7 rings (SSSR count). The highest BCUT2D eigenvalue weighted by molar-refractivity contribution is 6.11. The Balaban J connectivity index is 1.12. The van der Waals surface area contributed by atoms with E-state index < -0.39 is 5.41 Å². The second-order valence-electron chi connectivity index (χ2n) is 9.91. The lowest BCUT2D eigenvalue weighted by molar-refractivity contribution is -0.122. The molecule has 196 valence electrons. The normalized spacial score (nSPS) is 18.3. The van der Waals surface area contributed by atoms with Gasteiger partial charge in [-0.15, -0.1) is 0 Å². The number of nitrogens with zero attached hydrogens (tertiary/aromatic N) is 3. The van der Waals surface area contributed by atoms with Crippen molar-refractivity contribution in [3.63, 3.8) is 0 Å². The minimum atomic E-state index is -0.961. The van der Waals surface area contributed by atoms with Crippen LogP contribution in [0.4, 0.5) is 5.69 Å². The number of para-hydroxylation sites is 1. The number of carbonyl (C=O) groups excluding carboxylic acids is 2. The van der Waals surface area contributed by atoms with Crippen LogP contribution in [-0.4, -0.2) is 41.3 Å². The number of imidazole rings is 1. The summed E-state index contributed by atoms with van der Waals surface area (Å²) in [5.41, 5.74) is 3.00. The molecule has 1 atom stereocenters. The number of aromatic nitrogens is 2. The molecule has 2 amide bonds. The van der Waals surface area contributed by atoms with Crippen LogP contribution in [0.2, 0.25) is 0 Å². The van der Waals surface area contributed by atoms with Gasteiger partial charge in [0.2, 0.25) is 12.7 Å². The van der Waals surface area contributed by atoms with Crippen molar-refractivity contribution in [1.29, 1.82) is 0 Å². The highest BCUT2D eigenvalue weighted by Crippen LogP contribution is 2.55. The van der Waals surface area contributed by atoms with E-state index in [4.69, 9.17) is 14.2 Å². The fourth-order valence-electron chi connectivity index (χ4n) is 5.70. The van der Waals surface area contributed by atoms with E-state index in [2.05, 4.69) is 10.3 Å². The summed E-state index contributed by atoms with van der Waals surface area (Å²) < 4.78 is 19.2. The standard InChI is InChI=1S/C30H26N4O5/c35-28(32-9-4-11-33-12-10-31-18-33)21-6-3-5-20(13-21)16-34-24-8-2-1-7-22(24)30(29(34)36)17-37-25-15-27-26(14-23(25)30)38-19-39-27/h1-3,5-8,10,12-15,18H,4,9,11,16-17,19H2,(H,32,35). The molecule has 0 bridgehead atoms. The molecule has 1 aromatic heterocycles. The average Bonchev–Trinajstić information content (AvgIpc) is 3.76. The van der Waals surface area contributed by atoms with Gasteiger partial charge in [0.15, 0.2) is 11.5 Å². The molecule has 1 spiro atoms. The Kier molecular flexibility index (Phi) is 5.50. The maximum Gasteiger partial charge on any atom is 0.251 e. The summed E-state index contributed by atoms with van der Waals surface area (Å²) in [4.78, 5) is 32.9. The van der Waals surface area contributed by atoms with E-state index >= 15 is 0 Å².